The molecule has 1 aliphatic rings. The predicted octanol–water partition coefficient (Wildman–Crippen LogP) is 3.73. The minimum absolute atomic E-state index is 0.0438. The number of aromatic amines is 1. The molecule has 1 N–H and O–H groups in total. The summed E-state index contributed by atoms with van der Waals surface area (Å²) >= 11 is 9.14. The molecule has 0 bridgehead atoms. The van der Waals surface area contributed by atoms with Gasteiger partial charge >= 0.3 is 0 Å². The van der Waals surface area contributed by atoms with Gasteiger partial charge in [-0.2, -0.15) is 11.8 Å². The van der Waals surface area contributed by atoms with Crippen molar-refractivity contribution in [3.63, 3.8) is 0 Å². The van der Waals surface area contributed by atoms with Gasteiger partial charge in [0.2, 0.25) is 0 Å². The average molecular weight is 329 g/mol. The van der Waals surface area contributed by atoms with Crippen LogP contribution in [0.4, 0.5) is 0 Å². The molecule has 0 saturated heterocycles. The Labute approximate surface area is 131 Å². The molecule has 20 heavy (non-hydrogen) atoms. The first-order chi connectivity index (χ1) is 9.79. The summed E-state index contributed by atoms with van der Waals surface area (Å²) in [6.45, 7) is 0. The minimum atomic E-state index is 0.0438. The molecule has 0 unspecified atom stereocenters. The van der Waals surface area contributed by atoms with Crippen LogP contribution in [-0.2, 0) is 18.6 Å². The van der Waals surface area contributed by atoms with E-state index in [1.807, 2.05) is 0 Å². The molecule has 2 heterocycles. The van der Waals surface area contributed by atoms with Crippen molar-refractivity contribution in [1.82, 2.24) is 9.97 Å². The monoisotopic (exact) mass is 328 g/mol. The van der Waals surface area contributed by atoms with E-state index in [1.165, 1.54) is 23.3 Å². The van der Waals surface area contributed by atoms with Gasteiger partial charge < -0.3 is 4.98 Å². The van der Waals surface area contributed by atoms with E-state index in [0.717, 1.165) is 46.8 Å². The Balaban J connectivity index is 1.88. The summed E-state index contributed by atoms with van der Waals surface area (Å²) < 4.78 is 0. The summed E-state index contributed by atoms with van der Waals surface area (Å²) in [5, 5.41) is 0.846. The lowest BCUT2D eigenvalue weighted by molar-refractivity contribution is 0.700. The third kappa shape index (κ3) is 2.90. The van der Waals surface area contributed by atoms with Gasteiger partial charge in [-0.1, -0.05) is 0 Å². The second kappa shape index (κ2) is 6.50. The fourth-order valence-electron chi connectivity index (χ4n) is 2.60. The van der Waals surface area contributed by atoms with E-state index in [0.29, 0.717) is 5.88 Å². The molecular weight excluding hydrogens is 312 g/mol. The van der Waals surface area contributed by atoms with Gasteiger partial charge in [0.05, 0.1) is 11.1 Å². The summed E-state index contributed by atoms with van der Waals surface area (Å²) in [4.78, 5) is 22.2. The Morgan fingerprint density at radius 2 is 2.20 bits per heavy atom. The highest BCUT2D eigenvalue weighted by molar-refractivity contribution is 7.98. The lowest BCUT2D eigenvalue weighted by Gasteiger charge is -2.09. The molecule has 3 nitrogen and oxygen atoms in total. The number of aryl methyl sites for hydroxylation is 2. The molecule has 0 saturated carbocycles. The Morgan fingerprint density at radius 1 is 1.35 bits per heavy atom. The van der Waals surface area contributed by atoms with E-state index in [4.69, 9.17) is 11.6 Å². The number of halogens is 1. The van der Waals surface area contributed by atoms with Crippen LogP contribution < -0.4 is 5.56 Å². The van der Waals surface area contributed by atoms with Crippen molar-refractivity contribution >= 4 is 44.9 Å². The highest BCUT2D eigenvalue weighted by Crippen LogP contribution is 2.33. The van der Waals surface area contributed by atoms with Gasteiger partial charge in [0.1, 0.15) is 10.7 Å². The van der Waals surface area contributed by atoms with Crippen molar-refractivity contribution in [3.8, 4) is 0 Å². The van der Waals surface area contributed by atoms with Crippen LogP contribution in [0.2, 0.25) is 0 Å². The molecule has 0 radical (unpaired) electrons. The highest BCUT2D eigenvalue weighted by atomic mass is 35.5. The van der Waals surface area contributed by atoms with Crippen LogP contribution in [0, 0.1) is 0 Å². The fourth-order valence-corrected chi connectivity index (χ4v) is 5.00. The maximum Gasteiger partial charge on any atom is 0.259 e. The number of alkyl halides is 1. The van der Waals surface area contributed by atoms with Gasteiger partial charge in [-0.15, -0.1) is 22.9 Å². The maximum atomic E-state index is 12.3. The van der Waals surface area contributed by atoms with Crippen molar-refractivity contribution in [2.24, 2.45) is 0 Å². The van der Waals surface area contributed by atoms with Crippen molar-refractivity contribution < 1.29 is 0 Å². The van der Waals surface area contributed by atoms with Crippen molar-refractivity contribution in [2.45, 2.75) is 37.9 Å². The average Bonchev–Trinajstić information content (AvgIpc) is 2.82. The summed E-state index contributed by atoms with van der Waals surface area (Å²) in [5.74, 6) is 3.24. The molecule has 108 valence electrons. The molecule has 0 amide bonds. The van der Waals surface area contributed by atoms with E-state index in [9.17, 15) is 4.79 Å². The summed E-state index contributed by atoms with van der Waals surface area (Å²) in [5.41, 5.74) is 1.30. The van der Waals surface area contributed by atoms with Crippen LogP contribution in [0.1, 0.15) is 35.5 Å². The van der Waals surface area contributed by atoms with Crippen LogP contribution in [0.3, 0.4) is 0 Å². The van der Waals surface area contributed by atoms with Crippen LogP contribution >= 0.6 is 34.7 Å². The first-order valence-electron chi connectivity index (χ1n) is 6.96. The van der Waals surface area contributed by atoms with Crippen molar-refractivity contribution in [2.75, 3.05) is 11.6 Å². The van der Waals surface area contributed by atoms with E-state index >= 15 is 0 Å². The molecule has 0 fully saturated rings. The van der Waals surface area contributed by atoms with Crippen LogP contribution in [0.15, 0.2) is 4.79 Å². The lowest BCUT2D eigenvalue weighted by Crippen LogP contribution is -2.12. The summed E-state index contributed by atoms with van der Waals surface area (Å²) in [6, 6.07) is 0. The van der Waals surface area contributed by atoms with Crippen LogP contribution in [0.5, 0.6) is 0 Å². The fraction of sp³-hybridized carbons (Fsp3) is 0.571. The topological polar surface area (TPSA) is 45.8 Å². The van der Waals surface area contributed by atoms with E-state index in [1.54, 1.807) is 23.1 Å². The molecule has 0 spiro atoms. The first-order valence-corrected chi connectivity index (χ1v) is 9.47. The highest BCUT2D eigenvalue weighted by Gasteiger charge is 2.19. The van der Waals surface area contributed by atoms with Gasteiger partial charge in [-0.05, 0) is 43.4 Å². The van der Waals surface area contributed by atoms with E-state index in [2.05, 4.69) is 9.97 Å². The molecule has 0 atom stereocenters. The minimum Gasteiger partial charge on any atom is -0.309 e. The normalized spacial score (nSPS) is 14.7. The number of hydrogen-bond donors (Lipinski definition) is 1. The zero-order valence-corrected chi connectivity index (χ0v) is 13.6. The SMILES string of the molecule is O=c1[nH]c(CSCCCCl)nc2sc3c(c12)CCCC3. The Kier molecular flexibility index (Phi) is 4.68. The molecule has 0 aromatic carbocycles. The van der Waals surface area contributed by atoms with E-state index < -0.39 is 0 Å². The van der Waals surface area contributed by atoms with E-state index in [-0.39, 0.29) is 5.56 Å². The molecule has 1 aliphatic carbocycles. The zero-order chi connectivity index (χ0) is 13.9. The molecular formula is C14H17ClN2OS2. The standard InChI is InChI=1S/C14H17ClN2OS2/c15-6-3-7-19-8-11-16-13(18)12-9-4-1-2-5-10(9)20-14(12)17-11/h1-8H2,(H,16,17,18). The number of thiophene rings is 1. The molecule has 2 aromatic rings. The third-order valence-corrected chi connectivity index (χ3v) is 6.04. The number of aromatic nitrogens is 2. The number of fused-ring (bicyclic) bond motifs is 3. The molecule has 2 aromatic heterocycles. The quantitative estimate of drug-likeness (QED) is 0.672. The molecule has 6 heteroatoms. The smallest absolute Gasteiger partial charge is 0.259 e. The Morgan fingerprint density at radius 3 is 3.05 bits per heavy atom. The maximum absolute atomic E-state index is 12.3. The second-order valence-electron chi connectivity index (χ2n) is 5.00. The lowest BCUT2D eigenvalue weighted by atomic mass is 9.97. The molecule has 3 rings (SSSR count). The van der Waals surface area contributed by atoms with Crippen LogP contribution in [0.25, 0.3) is 10.2 Å². The second-order valence-corrected chi connectivity index (χ2v) is 7.57. The van der Waals surface area contributed by atoms with Gasteiger partial charge in [-0.25, -0.2) is 4.98 Å². The first kappa shape index (κ1) is 14.4. The summed E-state index contributed by atoms with van der Waals surface area (Å²) in [6.07, 6.45) is 5.55. The van der Waals surface area contributed by atoms with Gasteiger partial charge in [0.25, 0.3) is 5.56 Å². The number of hydrogen-bond acceptors (Lipinski definition) is 4. The summed E-state index contributed by atoms with van der Waals surface area (Å²) in [7, 11) is 0. The number of nitrogens with one attached hydrogen (secondary N) is 1. The van der Waals surface area contributed by atoms with Gasteiger partial charge in [0.15, 0.2) is 0 Å². The van der Waals surface area contributed by atoms with Crippen LogP contribution in [-0.4, -0.2) is 21.6 Å². The molecule has 0 aliphatic heterocycles. The Bertz CT molecular complexity index is 665. The number of rotatable bonds is 5. The number of H-pyrrole nitrogens is 1. The van der Waals surface area contributed by atoms with Crippen molar-refractivity contribution in [1.29, 1.82) is 0 Å². The van der Waals surface area contributed by atoms with Crippen molar-refractivity contribution in [3.05, 3.63) is 26.6 Å². The largest absolute Gasteiger partial charge is 0.309 e. The number of nitrogens with zero attached hydrogens (tertiary/aromatic N) is 1. The third-order valence-electron chi connectivity index (χ3n) is 3.54. The zero-order valence-electron chi connectivity index (χ0n) is 11.2. The Hall–Kier alpha value is -0.520. The number of thioether (sulfide) groups is 1. The van der Waals surface area contributed by atoms with Gasteiger partial charge in [-0.3, -0.25) is 4.79 Å². The van der Waals surface area contributed by atoms with Gasteiger partial charge in [0, 0.05) is 10.8 Å². The predicted molar refractivity (Wildman–Crippen MR) is 88.4 cm³/mol.